The first-order chi connectivity index (χ1) is 13.5. The van der Waals surface area contributed by atoms with Crippen molar-refractivity contribution in [2.75, 3.05) is 23.5 Å². The van der Waals surface area contributed by atoms with Gasteiger partial charge in [0.15, 0.2) is 0 Å². The van der Waals surface area contributed by atoms with E-state index in [0.29, 0.717) is 28.6 Å². The van der Waals surface area contributed by atoms with Crippen molar-refractivity contribution in [2.45, 2.75) is 12.1 Å². The molecule has 0 aliphatic rings. The van der Waals surface area contributed by atoms with Crippen LogP contribution in [0.1, 0.15) is 6.92 Å². The highest BCUT2D eigenvalue weighted by Gasteiger charge is 2.14. The molecule has 0 bridgehead atoms. The monoisotopic (exact) mass is 398 g/mol. The fourth-order valence-corrected chi connectivity index (χ4v) is 2.93. The zero-order chi connectivity index (χ0) is 19.9. The van der Waals surface area contributed by atoms with E-state index in [2.05, 4.69) is 20.8 Å². The van der Waals surface area contributed by atoms with Crippen LogP contribution in [-0.2, 0) is 9.59 Å². The first-order valence-corrected chi connectivity index (χ1v) is 9.31. The number of para-hydroxylation sites is 1. The summed E-state index contributed by atoms with van der Waals surface area (Å²) in [4.78, 5) is 23.1. The van der Waals surface area contributed by atoms with Crippen molar-refractivity contribution in [2.24, 2.45) is 0 Å². The molecule has 144 valence electrons. The average Bonchev–Trinajstić information content (AvgIpc) is 3.16. The number of rotatable bonds is 7. The smallest absolute Gasteiger partial charge is 0.277 e. The molecule has 0 spiro atoms. The SMILES string of the molecule is COc1ccccc1-c1nnc(SCC(=O)Nc2ccc(NC(C)=O)cc2)o1. The fourth-order valence-electron chi connectivity index (χ4n) is 2.36. The number of aromatic nitrogens is 2. The molecule has 1 aromatic heterocycles. The van der Waals surface area contributed by atoms with E-state index in [1.54, 1.807) is 37.4 Å². The Morgan fingerprint density at radius 2 is 1.71 bits per heavy atom. The first kappa shape index (κ1) is 19.4. The summed E-state index contributed by atoms with van der Waals surface area (Å²) >= 11 is 1.14. The number of carbonyl (C=O) groups excluding carboxylic acids is 2. The number of anilines is 2. The van der Waals surface area contributed by atoms with Gasteiger partial charge in [-0.15, -0.1) is 10.2 Å². The number of hydrogen-bond acceptors (Lipinski definition) is 7. The van der Waals surface area contributed by atoms with Crippen molar-refractivity contribution in [1.82, 2.24) is 10.2 Å². The minimum atomic E-state index is -0.214. The first-order valence-electron chi connectivity index (χ1n) is 8.32. The Morgan fingerprint density at radius 3 is 2.39 bits per heavy atom. The maximum Gasteiger partial charge on any atom is 0.277 e. The minimum absolute atomic E-state index is 0.112. The van der Waals surface area contributed by atoms with Crippen LogP contribution in [0.15, 0.2) is 58.2 Å². The van der Waals surface area contributed by atoms with Gasteiger partial charge in [0.1, 0.15) is 5.75 Å². The van der Waals surface area contributed by atoms with E-state index < -0.39 is 0 Å². The van der Waals surface area contributed by atoms with E-state index in [0.717, 1.165) is 11.8 Å². The largest absolute Gasteiger partial charge is 0.496 e. The van der Waals surface area contributed by atoms with Crippen LogP contribution in [0.5, 0.6) is 5.75 Å². The minimum Gasteiger partial charge on any atom is -0.496 e. The van der Waals surface area contributed by atoms with Crippen LogP contribution >= 0.6 is 11.8 Å². The molecule has 28 heavy (non-hydrogen) atoms. The lowest BCUT2D eigenvalue weighted by Gasteiger charge is -2.06. The fraction of sp³-hybridized carbons (Fsp3) is 0.158. The van der Waals surface area contributed by atoms with Gasteiger partial charge in [0, 0.05) is 18.3 Å². The van der Waals surface area contributed by atoms with Crippen LogP contribution in [0, 0.1) is 0 Å². The van der Waals surface area contributed by atoms with Gasteiger partial charge in [-0.05, 0) is 36.4 Å². The summed E-state index contributed by atoms with van der Waals surface area (Å²) in [5.74, 6) is 0.702. The zero-order valence-electron chi connectivity index (χ0n) is 15.3. The summed E-state index contributed by atoms with van der Waals surface area (Å²) in [6, 6.07) is 14.2. The van der Waals surface area contributed by atoms with Gasteiger partial charge >= 0.3 is 0 Å². The zero-order valence-corrected chi connectivity index (χ0v) is 16.1. The summed E-state index contributed by atoms with van der Waals surface area (Å²) in [5, 5.41) is 13.7. The summed E-state index contributed by atoms with van der Waals surface area (Å²) in [5.41, 5.74) is 1.97. The highest BCUT2D eigenvalue weighted by Crippen LogP contribution is 2.30. The molecule has 0 atom stereocenters. The standard InChI is InChI=1S/C19H18N4O4S/c1-12(24)20-13-7-9-14(10-8-13)21-17(25)11-28-19-23-22-18(27-19)15-5-3-4-6-16(15)26-2/h3-10H,11H2,1-2H3,(H,20,24)(H,21,25). The summed E-state index contributed by atoms with van der Waals surface area (Å²) < 4.78 is 10.9. The predicted molar refractivity (Wildman–Crippen MR) is 106 cm³/mol. The number of carbonyl (C=O) groups is 2. The molecule has 8 nitrogen and oxygen atoms in total. The second kappa shape index (κ2) is 9.05. The molecule has 0 aliphatic carbocycles. The molecule has 2 aromatic carbocycles. The number of hydrogen-bond donors (Lipinski definition) is 2. The highest BCUT2D eigenvalue weighted by molar-refractivity contribution is 7.99. The maximum atomic E-state index is 12.1. The van der Waals surface area contributed by atoms with Gasteiger partial charge in [-0.3, -0.25) is 9.59 Å². The predicted octanol–water partition coefficient (Wildman–Crippen LogP) is 3.43. The number of thioether (sulfide) groups is 1. The molecule has 0 saturated carbocycles. The molecular formula is C19H18N4O4S. The number of amides is 2. The Labute approximate surface area is 165 Å². The van der Waals surface area contributed by atoms with Gasteiger partial charge in [0.2, 0.25) is 11.8 Å². The summed E-state index contributed by atoms with van der Waals surface area (Å²) in [6.07, 6.45) is 0. The third-order valence-corrected chi connectivity index (χ3v) is 4.38. The Bertz CT molecular complexity index is 972. The van der Waals surface area contributed by atoms with Crippen LogP contribution in [0.3, 0.4) is 0 Å². The summed E-state index contributed by atoms with van der Waals surface area (Å²) in [6.45, 7) is 1.43. The Hall–Kier alpha value is -3.33. The second-order valence-corrected chi connectivity index (χ2v) is 6.60. The molecular weight excluding hydrogens is 380 g/mol. The third kappa shape index (κ3) is 5.10. The van der Waals surface area contributed by atoms with Gasteiger partial charge in [0.25, 0.3) is 11.1 Å². The van der Waals surface area contributed by atoms with E-state index in [1.807, 2.05) is 18.2 Å². The quantitative estimate of drug-likeness (QED) is 0.587. The second-order valence-electron chi connectivity index (χ2n) is 5.67. The Balaban J connectivity index is 1.55. The van der Waals surface area contributed by atoms with Gasteiger partial charge < -0.3 is 19.8 Å². The molecule has 0 fully saturated rings. The Morgan fingerprint density at radius 1 is 1.04 bits per heavy atom. The van der Waals surface area contributed by atoms with E-state index in [4.69, 9.17) is 9.15 Å². The highest BCUT2D eigenvalue weighted by atomic mass is 32.2. The van der Waals surface area contributed by atoms with E-state index >= 15 is 0 Å². The van der Waals surface area contributed by atoms with E-state index in [-0.39, 0.29) is 22.8 Å². The molecule has 0 unspecified atom stereocenters. The van der Waals surface area contributed by atoms with Crippen molar-refractivity contribution >= 4 is 35.0 Å². The van der Waals surface area contributed by atoms with Crippen LogP contribution in [0.4, 0.5) is 11.4 Å². The van der Waals surface area contributed by atoms with E-state index in [9.17, 15) is 9.59 Å². The molecule has 0 radical (unpaired) electrons. The topological polar surface area (TPSA) is 106 Å². The number of ether oxygens (including phenoxy) is 1. The molecule has 9 heteroatoms. The lowest BCUT2D eigenvalue weighted by molar-refractivity contribution is -0.114. The van der Waals surface area contributed by atoms with Gasteiger partial charge in [-0.2, -0.15) is 0 Å². The molecule has 3 rings (SSSR count). The lowest BCUT2D eigenvalue weighted by Crippen LogP contribution is -2.14. The summed E-state index contributed by atoms with van der Waals surface area (Å²) in [7, 11) is 1.57. The molecule has 3 aromatic rings. The third-order valence-electron chi connectivity index (χ3n) is 3.56. The maximum absolute atomic E-state index is 12.1. The molecule has 2 N–H and O–H groups in total. The van der Waals surface area contributed by atoms with Gasteiger partial charge in [-0.25, -0.2) is 0 Å². The van der Waals surface area contributed by atoms with Crippen molar-refractivity contribution in [1.29, 1.82) is 0 Å². The Kier molecular flexibility index (Phi) is 6.28. The van der Waals surface area contributed by atoms with Crippen molar-refractivity contribution in [3.8, 4) is 17.2 Å². The van der Waals surface area contributed by atoms with Crippen molar-refractivity contribution < 1.29 is 18.7 Å². The van der Waals surface area contributed by atoms with Crippen LogP contribution in [0.25, 0.3) is 11.5 Å². The molecule has 1 heterocycles. The number of methoxy groups -OCH3 is 1. The number of nitrogens with zero attached hydrogens (tertiary/aromatic N) is 2. The molecule has 0 saturated heterocycles. The van der Waals surface area contributed by atoms with Crippen LogP contribution in [0.2, 0.25) is 0 Å². The molecule has 0 aliphatic heterocycles. The lowest BCUT2D eigenvalue weighted by atomic mass is 10.2. The van der Waals surface area contributed by atoms with Gasteiger partial charge in [-0.1, -0.05) is 23.9 Å². The van der Waals surface area contributed by atoms with Gasteiger partial charge in [0.05, 0.1) is 18.4 Å². The number of nitrogens with one attached hydrogen (secondary N) is 2. The normalized spacial score (nSPS) is 10.4. The van der Waals surface area contributed by atoms with Crippen molar-refractivity contribution in [3.63, 3.8) is 0 Å². The van der Waals surface area contributed by atoms with Crippen LogP contribution in [-0.4, -0.2) is 34.9 Å². The van der Waals surface area contributed by atoms with Crippen molar-refractivity contribution in [3.05, 3.63) is 48.5 Å². The molecule has 2 amide bonds. The number of benzene rings is 2. The van der Waals surface area contributed by atoms with E-state index in [1.165, 1.54) is 6.92 Å². The van der Waals surface area contributed by atoms with Crippen LogP contribution < -0.4 is 15.4 Å². The average molecular weight is 398 g/mol.